The first-order chi connectivity index (χ1) is 5.10. The van der Waals surface area contributed by atoms with Crippen LogP contribution in [0.3, 0.4) is 0 Å². The molecule has 7 heteroatoms. The Morgan fingerprint density at radius 1 is 1.33 bits per heavy atom. The molecule has 0 saturated carbocycles. The number of rotatable bonds is 1. The first-order valence-corrected chi connectivity index (χ1v) is 4.61. The van der Waals surface area contributed by atoms with Crippen LogP contribution in [0.1, 0.15) is 20.8 Å². The molecule has 0 amide bonds. The van der Waals surface area contributed by atoms with E-state index in [0.29, 0.717) is 0 Å². The van der Waals surface area contributed by atoms with Crippen molar-refractivity contribution in [1.29, 1.82) is 0 Å². The van der Waals surface area contributed by atoms with Gasteiger partial charge in [0.15, 0.2) is 0 Å². The van der Waals surface area contributed by atoms with E-state index in [1.165, 1.54) is 0 Å². The van der Waals surface area contributed by atoms with E-state index in [1.807, 2.05) is 0 Å². The van der Waals surface area contributed by atoms with Gasteiger partial charge in [0.2, 0.25) is 0 Å². The minimum atomic E-state index is -4.78. The van der Waals surface area contributed by atoms with Gasteiger partial charge in [-0.3, -0.25) is 9.79 Å². The van der Waals surface area contributed by atoms with Crippen molar-refractivity contribution in [2.24, 2.45) is 0 Å². The molecule has 6 nitrogen and oxygen atoms in total. The predicted octanol–water partition coefficient (Wildman–Crippen LogP) is 1.03. The fourth-order valence-corrected chi connectivity index (χ4v) is 0.597. The summed E-state index contributed by atoms with van der Waals surface area (Å²) in [5, 5.41) is 0. The lowest BCUT2D eigenvalue weighted by molar-refractivity contribution is 0.0147. The number of hydrogen-bond acceptors (Lipinski definition) is 4. The number of carbonyl (C=O) groups is 1. The van der Waals surface area contributed by atoms with Gasteiger partial charge >= 0.3 is 14.0 Å². The van der Waals surface area contributed by atoms with E-state index in [4.69, 9.17) is 9.79 Å². The quantitative estimate of drug-likeness (QED) is 0.482. The number of ether oxygens (including phenoxy) is 1. The van der Waals surface area contributed by atoms with Gasteiger partial charge in [-0.1, -0.05) is 0 Å². The largest absolute Gasteiger partial charge is 0.529 e. The molecular weight excluding hydrogens is 187 g/mol. The van der Waals surface area contributed by atoms with Crippen LogP contribution in [-0.4, -0.2) is 21.5 Å². The van der Waals surface area contributed by atoms with Gasteiger partial charge in [0.05, 0.1) is 0 Å². The Morgan fingerprint density at radius 3 is 2.00 bits per heavy atom. The summed E-state index contributed by atoms with van der Waals surface area (Å²) >= 11 is 0. The van der Waals surface area contributed by atoms with Crippen molar-refractivity contribution >= 4 is 14.0 Å². The molecule has 72 valence electrons. The van der Waals surface area contributed by atoms with E-state index < -0.39 is 19.6 Å². The zero-order valence-corrected chi connectivity index (χ0v) is 7.87. The third-order valence-electron chi connectivity index (χ3n) is 0.583. The fraction of sp³-hybridized carbons (Fsp3) is 0.800. The van der Waals surface area contributed by atoms with E-state index in [2.05, 4.69) is 9.26 Å². The van der Waals surface area contributed by atoms with E-state index in [-0.39, 0.29) is 0 Å². The fourth-order valence-electron chi connectivity index (χ4n) is 0.366. The molecule has 0 bridgehead atoms. The summed E-state index contributed by atoms with van der Waals surface area (Å²) < 4.78 is 18.2. The summed E-state index contributed by atoms with van der Waals surface area (Å²) in [5.41, 5.74) is -0.827. The standard InChI is InChI=1S/C5H11O6P/c1-5(2,3)10-4(6)11-12(7,8)9/h1-3H3,(H2,7,8,9). The Morgan fingerprint density at radius 2 is 1.75 bits per heavy atom. The van der Waals surface area contributed by atoms with Gasteiger partial charge in [-0.15, -0.1) is 0 Å². The maximum Gasteiger partial charge on any atom is 0.529 e. The van der Waals surface area contributed by atoms with Crippen LogP contribution in [0.15, 0.2) is 0 Å². The molecule has 0 radical (unpaired) electrons. The van der Waals surface area contributed by atoms with Crippen molar-refractivity contribution in [3.05, 3.63) is 0 Å². The molecule has 0 aromatic rings. The van der Waals surface area contributed by atoms with Crippen LogP contribution in [0.5, 0.6) is 0 Å². The highest BCUT2D eigenvalue weighted by atomic mass is 31.2. The molecule has 0 unspecified atom stereocenters. The highest BCUT2D eigenvalue weighted by Crippen LogP contribution is 2.36. The maximum atomic E-state index is 10.5. The van der Waals surface area contributed by atoms with Crippen LogP contribution >= 0.6 is 7.82 Å². The van der Waals surface area contributed by atoms with Gasteiger partial charge in [-0.05, 0) is 20.8 Å². The number of carbonyl (C=O) groups excluding carboxylic acids is 1. The second-order valence-corrected chi connectivity index (χ2v) is 4.21. The molecule has 0 spiro atoms. The Balaban J connectivity index is 4.01. The van der Waals surface area contributed by atoms with Crippen LogP contribution < -0.4 is 0 Å². The molecule has 0 aliphatic rings. The molecule has 0 aromatic carbocycles. The van der Waals surface area contributed by atoms with Gasteiger partial charge in [0, 0.05) is 0 Å². The van der Waals surface area contributed by atoms with Gasteiger partial charge < -0.3 is 9.26 Å². The Hall–Kier alpha value is -0.580. The van der Waals surface area contributed by atoms with Crippen LogP contribution in [-0.2, 0) is 13.8 Å². The summed E-state index contributed by atoms with van der Waals surface area (Å²) in [7, 11) is -4.78. The summed E-state index contributed by atoms with van der Waals surface area (Å²) in [6.07, 6.45) is -1.38. The monoisotopic (exact) mass is 198 g/mol. The van der Waals surface area contributed by atoms with E-state index >= 15 is 0 Å². The summed E-state index contributed by atoms with van der Waals surface area (Å²) in [4.78, 5) is 26.9. The van der Waals surface area contributed by atoms with E-state index in [9.17, 15) is 9.36 Å². The smallest absolute Gasteiger partial charge is 0.428 e. The van der Waals surface area contributed by atoms with Gasteiger partial charge in [0.25, 0.3) is 0 Å². The zero-order chi connectivity index (χ0) is 9.99. The van der Waals surface area contributed by atoms with Crippen molar-refractivity contribution in [2.75, 3.05) is 0 Å². The normalized spacial score (nSPS) is 12.4. The van der Waals surface area contributed by atoms with Crippen molar-refractivity contribution in [3.63, 3.8) is 0 Å². The van der Waals surface area contributed by atoms with Gasteiger partial charge in [-0.25, -0.2) is 9.36 Å². The van der Waals surface area contributed by atoms with Crippen LogP contribution in [0.25, 0.3) is 0 Å². The Kier molecular flexibility index (Phi) is 3.26. The predicted molar refractivity (Wildman–Crippen MR) is 39.4 cm³/mol. The third kappa shape index (κ3) is 7.53. The topological polar surface area (TPSA) is 93.1 Å². The lowest BCUT2D eigenvalue weighted by Gasteiger charge is -2.18. The SMILES string of the molecule is CC(C)(C)OC(=O)OP(=O)(O)O. The molecule has 0 rings (SSSR count). The average Bonchev–Trinajstić information content (AvgIpc) is 1.49. The Labute approximate surface area is 69.7 Å². The molecule has 0 aliphatic carbocycles. The number of phosphoric acid groups is 1. The lowest BCUT2D eigenvalue weighted by atomic mass is 10.2. The second kappa shape index (κ2) is 3.43. The third-order valence-corrected chi connectivity index (χ3v) is 0.970. The van der Waals surface area contributed by atoms with Crippen molar-refractivity contribution in [2.45, 2.75) is 26.4 Å². The first kappa shape index (κ1) is 11.4. The molecule has 0 saturated heterocycles. The molecule has 12 heavy (non-hydrogen) atoms. The molecule has 0 atom stereocenters. The Bertz CT molecular complexity index is 210. The molecule has 0 fully saturated rings. The second-order valence-electron chi connectivity index (χ2n) is 3.05. The summed E-state index contributed by atoms with van der Waals surface area (Å²) in [6, 6.07) is 0. The van der Waals surface area contributed by atoms with Crippen molar-refractivity contribution in [1.82, 2.24) is 0 Å². The first-order valence-electron chi connectivity index (χ1n) is 3.08. The maximum absolute atomic E-state index is 10.5. The van der Waals surface area contributed by atoms with Crippen molar-refractivity contribution < 1.29 is 28.4 Å². The molecule has 0 aromatic heterocycles. The van der Waals surface area contributed by atoms with Crippen LogP contribution in [0, 0.1) is 0 Å². The highest BCUT2D eigenvalue weighted by molar-refractivity contribution is 7.46. The average molecular weight is 198 g/mol. The number of phosphoric ester groups is 1. The highest BCUT2D eigenvalue weighted by Gasteiger charge is 2.25. The number of hydrogen-bond donors (Lipinski definition) is 2. The molecule has 2 N–H and O–H groups in total. The molecule has 0 aliphatic heterocycles. The molecular formula is C5H11O6P. The van der Waals surface area contributed by atoms with E-state index in [0.717, 1.165) is 0 Å². The zero-order valence-electron chi connectivity index (χ0n) is 6.97. The molecule has 0 heterocycles. The lowest BCUT2D eigenvalue weighted by Crippen LogP contribution is -2.23. The van der Waals surface area contributed by atoms with Crippen LogP contribution in [0.4, 0.5) is 4.79 Å². The summed E-state index contributed by atoms with van der Waals surface area (Å²) in [6.45, 7) is 4.65. The minimum Gasteiger partial charge on any atom is -0.428 e. The van der Waals surface area contributed by atoms with Crippen LogP contribution in [0.2, 0.25) is 0 Å². The van der Waals surface area contributed by atoms with E-state index in [1.54, 1.807) is 20.8 Å². The van der Waals surface area contributed by atoms with Gasteiger partial charge in [0.1, 0.15) is 5.60 Å². The summed E-state index contributed by atoms with van der Waals surface area (Å²) in [5.74, 6) is 0. The van der Waals surface area contributed by atoms with Crippen molar-refractivity contribution in [3.8, 4) is 0 Å². The van der Waals surface area contributed by atoms with Gasteiger partial charge in [-0.2, -0.15) is 0 Å². The minimum absolute atomic E-state index is 0.827.